The molecule has 2 N–H and O–H groups in total. The average Bonchev–Trinajstić information content (AvgIpc) is 3.42. The number of nitrogens with zero attached hydrogens (tertiary/aromatic N) is 3. The van der Waals surface area contributed by atoms with Crippen molar-refractivity contribution in [1.82, 2.24) is 14.9 Å². The standard InChI is InChI=1S/C24H22ClN5O4S/c25-15-5-3-13-4-8-20(32)30-11-16(21(15)22(13)30)26-9-1-2-14-10-29(24(33)34-14)18-7-6-17-23(27-18)28-19(31)12-35-17/h3-8,14,16,26H,1-2,9-12H2,(H,27,28,31)/t14-,16+/m1/s1. The number of cyclic esters (lactones) is 1. The van der Waals surface area contributed by atoms with Gasteiger partial charge in [0.2, 0.25) is 5.91 Å². The summed E-state index contributed by atoms with van der Waals surface area (Å²) in [6, 6.07) is 10.8. The van der Waals surface area contributed by atoms with E-state index in [1.54, 1.807) is 16.7 Å². The van der Waals surface area contributed by atoms with Crippen LogP contribution in [0, 0.1) is 0 Å². The number of pyridine rings is 2. The zero-order valence-electron chi connectivity index (χ0n) is 18.6. The Labute approximate surface area is 209 Å². The number of benzene rings is 1. The number of hydrogen-bond donors (Lipinski definition) is 2. The van der Waals surface area contributed by atoms with E-state index in [2.05, 4.69) is 15.6 Å². The van der Waals surface area contributed by atoms with Gasteiger partial charge in [-0.15, -0.1) is 11.8 Å². The lowest BCUT2D eigenvalue weighted by Gasteiger charge is -2.18. The number of halogens is 1. The monoisotopic (exact) mass is 511 g/mol. The number of anilines is 2. The van der Waals surface area contributed by atoms with Gasteiger partial charge in [-0.25, -0.2) is 9.78 Å². The fourth-order valence-electron chi connectivity index (χ4n) is 4.92. The second-order valence-electron chi connectivity index (χ2n) is 8.80. The highest BCUT2D eigenvalue weighted by Crippen LogP contribution is 2.36. The van der Waals surface area contributed by atoms with Crippen LogP contribution in [0.25, 0.3) is 10.9 Å². The first kappa shape index (κ1) is 22.4. The summed E-state index contributed by atoms with van der Waals surface area (Å²) < 4.78 is 7.33. The molecule has 1 fully saturated rings. The highest BCUT2D eigenvalue weighted by molar-refractivity contribution is 8.00. The number of fused-ring (bicyclic) bond motifs is 1. The highest BCUT2D eigenvalue weighted by Gasteiger charge is 2.34. The minimum Gasteiger partial charge on any atom is -0.444 e. The third-order valence-electron chi connectivity index (χ3n) is 6.55. The van der Waals surface area contributed by atoms with Crippen molar-refractivity contribution in [3.05, 3.63) is 57.3 Å². The summed E-state index contributed by atoms with van der Waals surface area (Å²) in [5.41, 5.74) is 1.83. The Kier molecular flexibility index (Phi) is 5.66. The fraction of sp³-hybridized carbons (Fsp3) is 0.333. The second kappa shape index (κ2) is 8.85. The van der Waals surface area contributed by atoms with Crippen LogP contribution in [0.1, 0.15) is 24.4 Å². The maximum Gasteiger partial charge on any atom is 0.415 e. The summed E-state index contributed by atoms with van der Waals surface area (Å²) in [5, 5.41) is 7.92. The summed E-state index contributed by atoms with van der Waals surface area (Å²) in [5.74, 6) is 1.21. The second-order valence-corrected chi connectivity index (χ2v) is 10.2. The SMILES string of the molecule is O=C1CSc2ccc(N3C[C@@H](CCCN[C@H]4Cn5c(=O)ccc6ccc(Cl)c4c65)OC3=O)nc2N1. The molecule has 3 aromatic rings. The Bertz CT molecular complexity index is 1430. The molecule has 3 aliphatic rings. The van der Waals surface area contributed by atoms with E-state index in [4.69, 9.17) is 16.3 Å². The summed E-state index contributed by atoms with van der Waals surface area (Å²) in [7, 11) is 0. The molecule has 0 bridgehead atoms. The van der Waals surface area contributed by atoms with E-state index in [9.17, 15) is 14.4 Å². The van der Waals surface area contributed by atoms with Crippen molar-refractivity contribution in [2.24, 2.45) is 0 Å². The van der Waals surface area contributed by atoms with Crippen molar-refractivity contribution in [3.63, 3.8) is 0 Å². The smallest absolute Gasteiger partial charge is 0.415 e. The molecule has 6 rings (SSSR count). The molecule has 0 unspecified atom stereocenters. The predicted molar refractivity (Wildman–Crippen MR) is 134 cm³/mol. The van der Waals surface area contributed by atoms with E-state index >= 15 is 0 Å². The molecule has 0 saturated carbocycles. The van der Waals surface area contributed by atoms with Crippen LogP contribution in [-0.2, 0) is 16.1 Å². The zero-order chi connectivity index (χ0) is 24.1. The Hall–Kier alpha value is -3.08. The molecule has 0 radical (unpaired) electrons. The van der Waals surface area contributed by atoms with Crippen molar-refractivity contribution in [2.75, 3.05) is 29.1 Å². The van der Waals surface area contributed by atoms with E-state index in [-0.39, 0.29) is 23.6 Å². The summed E-state index contributed by atoms with van der Waals surface area (Å²) in [4.78, 5) is 43.3. The molecule has 2 atom stereocenters. The van der Waals surface area contributed by atoms with Crippen LogP contribution >= 0.6 is 23.4 Å². The molecule has 3 aliphatic heterocycles. The maximum absolute atomic E-state index is 12.5. The van der Waals surface area contributed by atoms with Gasteiger partial charge in [0.25, 0.3) is 5.56 Å². The van der Waals surface area contributed by atoms with Gasteiger partial charge in [-0.3, -0.25) is 14.5 Å². The number of rotatable bonds is 6. The molecule has 35 heavy (non-hydrogen) atoms. The van der Waals surface area contributed by atoms with E-state index in [0.29, 0.717) is 48.5 Å². The van der Waals surface area contributed by atoms with Crippen molar-refractivity contribution >= 4 is 57.9 Å². The number of aromatic nitrogens is 2. The predicted octanol–water partition coefficient (Wildman–Crippen LogP) is 3.54. The van der Waals surface area contributed by atoms with Crippen LogP contribution in [0.2, 0.25) is 5.02 Å². The van der Waals surface area contributed by atoms with E-state index in [1.165, 1.54) is 16.7 Å². The van der Waals surface area contributed by atoms with Crippen LogP contribution in [0.3, 0.4) is 0 Å². The fourth-order valence-corrected chi connectivity index (χ4v) is 5.96. The van der Waals surface area contributed by atoms with Crippen molar-refractivity contribution in [3.8, 4) is 0 Å². The molecule has 1 saturated heterocycles. The summed E-state index contributed by atoms with van der Waals surface area (Å²) in [6.45, 7) is 1.63. The minimum absolute atomic E-state index is 0.0303. The largest absolute Gasteiger partial charge is 0.444 e. The van der Waals surface area contributed by atoms with Crippen molar-refractivity contribution in [1.29, 1.82) is 0 Å². The molecule has 9 nitrogen and oxygen atoms in total. The van der Waals surface area contributed by atoms with Gasteiger partial charge in [-0.05, 0) is 49.0 Å². The van der Waals surface area contributed by atoms with Gasteiger partial charge in [-0.2, -0.15) is 0 Å². The van der Waals surface area contributed by atoms with Gasteiger partial charge < -0.3 is 19.9 Å². The van der Waals surface area contributed by atoms with Crippen LogP contribution in [0.4, 0.5) is 16.4 Å². The quantitative estimate of drug-likeness (QED) is 0.487. The Morgan fingerprint density at radius 1 is 1.14 bits per heavy atom. The Balaban J connectivity index is 1.06. The molecule has 0 spiro atoms. The normalized spacial score (nSPS) is 20.8. The molecule has 5 heterocycles. The van der Waals surface area contributed by atoms with Gasteiger partial charge in [0.05, 0.1) is 28.8 Å². The van der Waals surface area contributed by atoms with E-state index in [1.807, 2.05) is 24.3 Å². The van der Waals surface area contributed by atoms with Crippen LogP contribution in [-0.4, -0.2) is 46.5 Å². The Morgan fingerprint density at radius 3 is 2.89 bits per heavy atom. The number of hydrogen-bond acceptors (Lipinski definition) is 7. The zero-order valence-corrected chi connectivity index (χ0v) is 20.2. The number of ether oxygens (including phenoxy) is 1. The van der Waals surface area contributed by atoms with Gasteiger partial charge in [0, 0.05) is 23.2 Å². The molecular formula is C24H22ClN5O4S. The molecule has 1 aromatic carbocycles. The molecule has 2 amide bonds. The lowest BCUT2D eigenvalue weighted by Crippen LogP contribution is -2.28. The van der Waals surface area contributed by atoms with Gasteiger partial charge in [0.1, 0.15) is 17.7 Å². The number of nitrogens with one attached hydrogen (secondary N) is 2. The first-order valence-corrected chi connectivity index (χ1v) is 12.8. The summed E-state index contributed by atoms with van der Waals surface area (Å²) in [6.07, 6.45) is 0.784. The minimum atomic E-state index is -0.436. The van der Waals surface area contributed by atoms with Crippen molar-refractivity contribution in [2.45, 2.75) is 36.4 Å². The van der Waals surface area contributed by atoms with E-state index < -0.39 is 6.09 Å². The van der Waals surface area contributed by atoms with Crippen LogP contribution < -0.4 is 21.1 Å². The topological polar surface area (TPSA) is 106 Å². The van der Waals surface area contributed by atoms with Crippen LogP contribution in [0.5, 0.6) is 0 Å². The molecular weight excluding hydrogens is 490 g/mol. The first-order valence-electron chi connectivity index (χ1n) is 11.4. The molecule has 0 aliphatic carbocycles. The van der Waals surface area contributed by atoms with E-state index in [0.717, 1.165) is 27.8 Å². The third kappa shape index (κ3) is 4.05. The highest BCUT2D eigenvalue weighted by atomic mass is 35.5. The average molecular weight is 512 g/mol. The third-order valence-corrected chi connectivity index (χ3v) is 7.93. The number of thioether (sulfide) groups is 1. The van der Waals surface area contributed by atoms with Gasteiger partial charge in [-0.1, -0.05) is 17.7 Å². The lowest BCUT2D eigenvalue weighted by molar-refractivity contribution is -0.113. The molecule has 11 heteroatoms. The molecule has 2 aromatic heterocycles. The Morgan fingerprint density at radius 2 is 2.00 bits per heavy atom. The lowest BCUT2D eigenvalue weighted by atomic mass is 10.1. The number of carbonyl (C=O) groups is 2. The van der Waals surface area contributed by atoms with Gasteiger partial charge in [0.15, 0.2) is 0 Å². The van der Waals surface area contributed by atoms with Crippen LogP contribution in [0.15, 0.2) is 46.1 Å². The first-order chi connectivity index (χ1) is 17.0. The maximum atomic E-state index is 12.5. The molecule has 180 valence electrons. The summed E-state index contributed by atoms with van der Waals surface area (Å²) >= 11 is 7.92. The van der Waals surface area contributed by atoms with Crippen molar-refractivity contribution < 1.29 is 14.3 Å². The number of amides is 2. The van der Waals surface area contributed by atoms with Gasteiger partial charge >= 0.3 is 6.09 Å². The number of carbonyl (C=O) groups excluding carboxylic acids is 2.